The number of fused-ring (bicyclic) bond motifs is 1. The maximum atomic E-state index is 12.2. The van der Waals surface area contributed by atoms with Crippen molar-refractivity contribution in [2.45, 2.75) is 13.0 Å². The monoisotopic (exact) mass is 337 g/mol. The Morgan fingerprint density at radius 2 is 1.44 bits per heavy atom. The summed E-state index contributed by atoms with van der Waals surface area (Å²) >= 11 is 0. The van der Waals surface area contributed by atoms with Gasteiger partial charge in [-0.15, -0.1) is 0 Å². The number of hydrogen-bond acceptors (Lipinski definition) is 5. The first-order valence-corrected chi connectivity index (χ1v) is 7.73. The van der Waals surface area contributed by atoms with Crippen LogP contribution in [0.3, 0.4) is 0 Å². The lowest BCUT2D eigenvalue weighted by atomic mass is 10.1. The van der Waals surface area contributed by atoms with Crippen LogP contribution < -0.4 is 0 Å². The molecule has 1 aliphatic rings. The molecule has 25 heavy (non-hydrogen) atoms. The first kappa shape index (κ1) is 16.6. The maximum Gasteiger partial charge on any atom is 0.326 e. The first-order chi connectivity index (χ1) is 12.0. The number of amides is 2. The van der Waals surface area contributed by atoms with E-state index < -0.39 is 30.4 Å². The highest BCUT2D eigenvalue weighted by molar-refractivity contribution is 6.22. The summed E-state index contributed by atoms with van der Waals surface area (Å²) in [4.78, 5) is 49.5. The van der Waals surface area contributed by atoms with Crippen molar-refractivity contribution >= 4 is 23.6 Å². The highest BCUT2D eigenvalue weighted by Crippen LogP contribution is 2.22. The third-order valence-corrected chi connectivity index (χ3v) is 3.90. The number of rotatable bonds is 5. The fraction of sp³-hybridized carbons (Fsp3) is 0.158. The van der Waals surface area contributed by atoms with Gasteiger partial charge in [0.15, 0.2) is 6.10 Å². The minimum Gasteiger partial charge on any atom is -0.453 e. The zero-order valence-electron chi connectivity index (χ0n) is 13.5. The number of carbonyl (C=O) groups excluding carboxylic acids is 4. The van der Waals surface area contributed by atoms with Gasteiger partial charge < -0.3 is 4.74 Å². The number of hydrogen-bond donors (Lipinski definition) is 0. The molecule has 0 radical (unpaired) electrons. The van der Waals surface area contributed by atoms with Crippen LogP contribution in [0.1, 0.15) is 38.0 Å². The average Bonchev–Trinajstić information content (AvgIpc) is 2.87. The molecule has 3 rings (SSSR count). The predicted octanol–water partition coefficient (Wildman–Crippen LogP) is 2.10. The molecule has 1 heterocycles. The van der Waals surface area contributed by atoms with E-state index in [1.807, 2.05) is 0 Å². The summed E-state index contributed by atoms with van der Waals surface area (Å²) in [5.74, 6) is -2.25. The fourth-order valence-corrected chi connectivity index (χ4v) is 2.64. The number of Topliss-reactive ketones (excluding diaryl/α,β-unsaturated/α-hetero) is 1. The van der Waals surface area contributed by atoms with Gasteiger partial charge in [0, 0.05) is 5.56 Å². The van der Waals surface area contributed by atoms with Crippen molar-refractivity contribution < 1.29 is 23.9 Å². The lowest BCUT2D eigenvalue weighted by Gasteiger charge is -2.16. The molecule has 0 saturated carbocycles. The van der Waals surface area contributed by atoms with Crippen LogP contribution in [0.4, 0.5) is 0 Å². The molecular weight excluding hydrogens is 322 g/mol. The molecule has 0 aliphatic carbocycles. The van der Waals surface area contributed by atoms with Crippen LogP contribution in [0.5, 0.6) is 0 Å². The molecule has 126 valence electrons. The molecular formula is C19H15NO5. The Kier molecular flexibility index (Phi) is 4.43. The van der Waals surface area contributed by atoms with Crippen LogP contribution in [0.15, 0.2) is 54.6 Å². The fourth-order valence-electron chi connectivity index (χ4n) is 2.64. The summed E-state index contributed by atoms with van der Waals surface area (Å²) in [6.07, 6.45) is -1.01. The molecule has 0 spiro atoms. The number of esters is 1. The van der Waals surface area contributed by atoms with Gasteiger partial charge in [-0.05, 0) is 19.1 Å². The molecule has 1 aliphatic heterocycles. The molecule has 0 aromatic heterocycles. The molecule has 0 fully saturated rings. The van der Waals surface area contributed by atoms with E-state index >= 15 is 0 Å². The highest BCUT2D eigenvalue weighted by atomic mass is 16.5. The molecule has 0 unspecified atom stereocenters. The van der Waals surface area contributed by atoms with E-state index in [0.717, 1.165) is 4.90 Å². The molecule has 2 aromatic rings. The predicted molar refractivity (Wildman–Crippen MR) is 88.1 cm³/mol. The Bertz CT molecular complexity index is 824. The Balaban J connectivity index is 1.65. The van der Waals surface area contributed by atoms with Crippen molar-refractivity contribution in [1.82, 2.24) is 4.90 Å². The topological polar surface area (TPSA) is 80.8 Å². The Morgan fingerprint density at radius 1 is 0.920 bits per heavy atom. The van der Waals surface area contributed by atoms with Crippen LogP contribution in [-0.4, -0.2) is 41.1 Å². The van der Waals surface area contributed by atoms with Gasteiger partial charge in [-0.25, -0.2) is 0 Å². The average molecular weight is 337 g/mol. The van der Waals surface area contributed by atoms with Crippen molar-refractivity contribution in [2.75, 3.05) is 6.54 Å². The van der Waals surface area contributed by atoms with Gasteiger partial charge in [0.25, 0.3) is 11.8 Å². The number of benzene rings is 2. The highest BCUT2D eigenvalue weighted by Gasteiger charge is 2.37. The van der Waals surface area contributed by atoms with E-state index in [-0.39, 0.29) is 16.9 Å². The molecule has 0 saturated heterocycles. The lowest BCUT2D eigenvalue weighted by Crippen LogP contribution is -2.37. The van der Waals surface area contributed by atoms with Crippen molar-refractivity contribution in [3.05, 3.63) is 71.3 Å². The van der Waals surface area contributed by atoms with Crippen molar-refractivity contribution in [1.29, 1.82) is 0 Å². The second-order valence-electron chi connectivity index (χ2n) is 5.60. The molecule has 0 N–H and O–H groups in total. The molecule has 2 amide bonds. The quantitative estimate of drug-likeness (QED) is 0.474. The summed E-state index contributed by atoms with van der Waals surface area (Å²) in [5.41, 5.74) is 0.936. The minimum atomic E-state index is -1.01. The summed E-state index contributed by atoms with van der Waals surface area (Å²) in [6, 6.07) is 14.8. The zero-order valence-corrected chi connectivity index (χ0v) is 13.5. The summed E-state index contributed by atoms with van der Waals surface area (Å²) in [7, 11) is 0. The van der Waals surface area contributed by atoms with Gasteiger partial charge in [-0.2, -0.15) is 0 Å². The molecule has 6 nitrogen and oxygen atoms in total. The first-order valence-electron chi connectivity index (χ1n) is 7.73. The van der Waals surface area contributed by atoms with Crippen LogP contribution in [0, 0.1) is 0 Å². The third kappa shape index (κ3) is 3.19. The minimum absolute atomic E-state index is 0.258. The largest absolute Gasteiger partial charge is 0.453 e. The molecule has 2 aromatic carbocycles. The van der Waals surface area contributed by atoms with Gasteiger partial charge in [0.1, 0.15) is 6.54 Å². The summed E-state index contributed by atoms with van der Waals surface area (Å²) in [5, 5.41) is 0. The smallest absolute Gasteiger partial charge is 0.326 e. The van der Waals surface area contributed by atoms with Crippen LogP contribution >= 0.6 is 0 Å². The second-order valence-corrected chi connectivity index (χ2v) is 5.60. The number of imide groups is 1. The van der Waals surface area contributed by atoms with Crippen molar-refractivity contribution in [2.24, 2.45) is 0 Å². The molecule has 6 heteroatoms. The summed E-state index contributed by atoms with van der Waals surface area (Å²) < 4.78 is 5.09. The number of ether oxygens (including phenoxy) is 1. The van der Waals surface area contributed by atoms with Gasteiger partial charge in [-0.3, -0.25) is 24.1 Å². The summed E-state index contributed by atoms with van der Waals surface area (Å²) in [6.45, 7) is 0.925. The van der Waals surface area contributed by atoms with E-state index in [1.54, 1.807) is 42.5 Å². The zero-order chi connectivity index (χ0) is 18.0. The standard InChI is InChI=1S/C19H15NO5/c1-12(17(22)13-7-3-2-4-8-13)25-16(21)11-20-18(23)14-9-5-6-10-15(14)19(20)24/h2-10,12H,11H2,1H3/t12-/m1/s1. The number of nitrogens with zero attached hydrogens (tertiary/aromatic N) is 1. The second kappa shape index (κ2) is 6.68. The Labute approximate surface area is 144 Å². The normalized spacial score (nSPS) is 14.2. The van der Waals surface area contributed by atoms with E-state index in [4.69, 9.17) is 4.74 Å². The number of ketones is 1. The van der Waals surface area contributed by atoms with Gasteiger partial charge in [0.2, 0.25) is 5.78 Å². The third-order valence-electron chi connectivity index (χ3n) is 3.90. The lowest BCUT2D eigenvalue weighted by molar-refractivity contribution is -0.146. The van der Waals surface area contributed by atoms with Crippen molar-refractivity contribution in [3.8, 4) is 0 Å². The Hall–Kier alpha value is -3.28. The van der Waals surface area contributed by atoms with Gasteiger partial charge in [0.05, 0.1) is 11.1 Å². The van der Waals surface area contributed by atoms with Crippen molar-refractivity contribution in [3.63, 3.8) is 0 Å². The maximum absolute atomic E-state index is 12.2. The van der Waals surface area contributed by atoms with Crippen LogP contribution in [0.25, 0.3) is 0 Å². The van der Waals surface area contributed by atoms with E-state index in [9.17, 15) is 19.2 Å². The van der Waals surface area contributed by atoms with Crippen LogP contribution in [0.2, 0.25) is 0 Å². The molecule has 0 bridgehead atoms. The molecule has 1 atom stereocenters. The van der Waals surface area contributed by atoms with E-state index in [2.05, 4.69) is 0 Å². The number of carbonyl (C=O) groups is 4. The van der Waals surface area contributed by atoms with E-state index in [0.29, 0.717) is 5.56 Å². The van der Waals surface area contributed by atoms with E-state index in [1.165, 1.54) is 19.1 Å². The van der Waals surface area contributed by atoms with Crippen LogP contribution in [-0.2, 0) is 9.53 Å². The Morgan fingerprint density at radius 3 is 2.00 bits per heavy atom. The van der Waals surface area contributed by atoms with Gasteiger partial charge >= 0.3 is 5.97 Å². The van der Waals surface area contributed by atoms with Gasteiger partial charge in [-0.1, -0.05) is 42.5 Å². The SMILES string of the molecule is C[C@@H](OC(=O)CN1C(=O)c2ccccc2C1=O)C(=O)c1ccccc1.